The number of hydrogen-bond acceptors (Lipinski definition) is 6. The van der Waals surface area contributed by atoms with Crippen molar-refractivity contribution < 1.29 is 4.79 Å². The summed E-state index contributed by atoms with van der Waals surface area (Å²) in [6.45, 7) is 0. The minimum atomic E-state index is -0.128. The number of carbonyl (C=O) groups is 1. The standard InChI is InChI=1S/C48H33N7OS/c56-47-38(30-39-32-53(40-24-14-5-15-25-40)51-43(39)34-18-8-2-9-19-34)31-42(33-16-6-1-7-17-33)54(47)41-28-26-37(27-29-41)46-49-50-48-55(46)52-44(35-20-10-3-11-21-35)45(57-48)36-22-12-4-13-23-36/h1-32,52H/b38-30+. The SMILES string of the molecule is O=C1/C(=C/c2cn(-c3ccccc3)nc2-c2ccccc2)C=C(c2ccccc2)N1c1ccc(-c2nnc3n2NC(c2ccccc2)=C(c2ccccc2)S3)cc1. The van der Waals surface area contributed by atoms with Gasteiger partial charge in [0.05, 0.1) is 22.8 Å². The fraction of sp³-hybridized carbons (Fsp3) is 0. The third kappa shape index (κ3) is 6.45. The Morgan fingerprint density at radius 1 is 0.561 bits per heavy atom. The predicted molar refractivity (Wildman–Crippen MR) is 229 cm³/mol. The van der Waals surface area contributed by atoms with Gasteiger partial charge >= 0.3 is 0 Å². The number of amides is 1. The van der Waals surface area contributed by atoms with Gasteiger partial charge in [-0.2, -0.15) is 5.10 Å². The van der Waals surface area contributed by atoms with E-state index in [1.165, 1.54) is 0 Å². The van der Waals surface area contributed by atoms with Gasteiger partial charge in [0.1, 0.15) is 0 Å². The predicted octanol–water partition coefficient (Wildman–Crippen LogP) is 10.4. The second kappa shape index (κ2) is 14.6. The number of carbonyl (C=O) groups excluding carboxylic acids is 1. The van der Waals surface area contributed by atoms with E-state index in [-0.39, 0.29) is 5.91 Å². The van der Waals surface area contributed by atoms with Gasteiger partial charge in [-0.15, -0.1) is 10.2 Å². The number of thioether (sulfide) groups is 1. The van der Waals surface area contributed by atoms with Crippen molar-refractivity contribution in [3.8, 4) is 28.3 Å². The molecular formula is C48H33N7OS. The second-order valence-electron chi connectivity index (χ2n) is 13.6. The van der Waals surface area contributed by atoms with Crippen LogP contribution < -0.4 is 10.3 Å². The summed E-state index contributed by atoms with van der Waals surface area (Å²) in [7, 11) is 0. The first-order valence-corrected chi connectivity index (χ1v) is 19.4. The van der Waals surface area contributed by atoms with Gasteiger partial charge < -0.3 is 0 Å². The molecule has 0 spiro atoms. The molecule has 2 aliphatic heterocycles. The van der Waals surface area contributed by atoms with Gasteiger partial charge in [-0.25, -0.2) is 9.36 Å². The lowest BCUT2D eigenvalue weighted by molar-refractivity contribution is -0.113. The number of nitrogens with zero attached hydrogens (tertiary/aromatic N) is 6. The Kier molecular flexibility index (Phi) is 8.74. The fourth-order valence-corrected chi connectivity index (χ4v) is 8.18. The quantitative estimate of drug-likeness (QED) is 0.156. The van der Waals surface area contributed by atoms with Crippen molar-refractivity contribution in [1.82, 2.24) is 24.7 Å². The van der Waals surface area contributed by atoms with Gasteiger partial charge in [0.15, 0.2) is 5.82 Å². The van der Waals surface area contributed by atoms with Crippen LogP contribution in [0.2, 0.25) is 0 Å². The molecule has 0 saturated heterocycles. The molecule has 2 aliphatic rings. The summed E-state index contributed by atoms with van der Waals surface area (Å²) in [5.74, 6) is 0.540. The van der Waals surface area contributed by atoms with E-state index in [0.29, 0.717) is 11.4 Å². The molecule has 0 unspecified atom stereocenters. The number of para-hydroxylation sites is 1. The molecule has 0 bridgehead atoms. The van der Waals surface area contributed by atoms with Crippen molar-refractivity contribution in [2.24, 2.45) is 0 Å². The van der Waals surface area contributed by atoms with Gasteiger partial charge in [-0.3, -0.25) is 15.1 Å². The van der Waals surface area contributed by atoms with E-state index in [9.17, 15) is 4.79 Å². The normalized spacial score (nSPS) is 14.5. The highest BCUT2D eigenvalue weighted by Crippen LogP contribution is 2.43. The number of anilines is 1. The third-order valence-electron chi connectivity index (χ3n) is 9.93. The lowest BCUT2D eigenvalue weighted by Gasteiger charge is -2.24. The highest BCUT2D eigenvalue weighted by molar-refractivity contribution is 8.08. The van der Waals surface area contributed by atoms with E-state index in [1.807, 2.05) is 179 Å². The summed E-state index contributed by atoms with van der Waals surface area (Å²) in [6, 6.07) is 58.6. The number of nitrogens with one attached hydrogen (secondary N) is 1. The third-order valence-corrected chi connectivity index (χ3v) is 11.0. The molecule has 0 saturated carbocycles. The van der Waals surface area contributed by atoms with Crippen molar-refractivity contribution in [1.29, 1.82) is 0 Å². The molecule has 1 N–H and O–H groups in total. The van der Waals surface area contributed by atoms with Crippen LogP contribution in [-0.4, -0.2) is 30.6 Å². The lowest BCUT2D eigenvalue weighted by Crippen LogP contribution is -2.25. The highest BCUT2D eigenvalue weighted by atomic mass is 32.2. The summed E-state index contributed by atoms with van der Waals surface area (Å²) in [6.07, 6.45) is 5.90. The Morgan fingerprint density at radius 2 is 1.14 bits per heavy atom. The first-order valence-electron chi connectivity index (χ1n) is 18.6. The molecule has 0 radical (unpaired) electrons. The molecule has 8 nitrogen and oxygen atoms in total. The fourth-order valence-electron chi connectivity index (χ4n) is 7.17. The second-order valence-corrected chi connectivity index (χ2v) is 14.5. The topological polar surface area (TPSA) is 80.9 Å². The molecule has 9 heteroatoms. The molecule has 272 valence electrons. The summed E-state index contributed by atoms with van der Waals surface area (Å²) in [5.41, 5.74) is 14.2. The van der Waals surface area contributed by atoms with Crippen molar-refractivity contribution in [2.75, 3.05) is 10.3 Å². The Labute approximate surface area is 333 Å². The van der Waals surface area contributed by atoms with Gasteiger partial charge in [-0.05, 0) is 71.4 Å². The van der Waals surface area contributed by atoms with E-state index >= 15 is 0 Å². The van der Waals surface area contributed by atoms with Crippen LogP contribution in [0.15, 0.2) is 199 Å². The first kappa shape index (κ1) is 34.0. The lowest BCUT2D eigenvalue weighted by atomic mass is 10.1. The number of fused-ring (bicyclic) bond motifs is 1. The molecule has 1 amide bonds. The van der Waals surface area contributed by atoms with Gasteiger partial charge in [0, 0.05) is 44.6 Å². The average Bonchev–Trinajstić information content (AvgIpc) is 4.00. The van der Waals surface area contributed by atoms with Crippen molar-refractivity contribution in [3.63, 3.8) is 0 Å². The smallest absolute Gasteiger partial charge is 0.262 e. The van der Waals surface area contributed by atoms with E-state index in [1.54, 1.807) is 16.7 Å². The molecule has 57 heavy (non-hydrogen) atoms. The molecule has 0 atom stereocenters. The zero-order valence-corrected chi connectivity index (χ0v) is 31.3. The Hall–Kier alpha value is -7.49. The minimum absolute atomic E-state index is 0.128. The van der Waals surface area contributed by atoms with Crippen LogP contribution >= 0.6 is 11.8 Å². The number of hydrogen-bond donors (Lipinski definition) is 1. The number of rotatable bonds is 8. The maximum Gasteiger partial charge on any atom is 0.262 e. The van der Waals surface area contributed by atoms with E-state index in [2.05, 4.69) is 39.9 Å². The molecule has 0 aliphatic carbocycles. The molecule has 4 heterocycles. The van der Waals surface area contributed by atoms with Crippen LogP contribution in [0.25, 0.3) is 50.7 Å². The number of aromatic nitrogens is 5. The minimum Gasteiger partial charge on any atom is -0.289 e. The molecular weight excluding hydrogens is 723 g/mol. The van der Waals surface area contributed by atoms with Gasteiger partial charge in [-0.1, -0.05) is 140 Å². The summed E-state index contributed by atoms with van der Waals surface area (Å²) >= 11 is 1.58. The maximum atomic E-state index is 14.6. The van der Waals surface area contributed by atoms with Crippen LogP contribution in [0, 0.1) is 0 Å². The molecule has 2 aromatic heterocycles. The molecule has 10 rings (SSSR count). The van der Waals surface area contributed by atoms with Gasteiger partial charge in [0.2, 0.25) is 5.16 Å². The Morgan fingerprint density at radius 3 is 1.79 bits per heavy atom. The van der Waals surface area contributed by atoms with E-state index in [0.717, 1.165) is 71.9 Å². The van der Waals surface area contributed by atoms with Crippen molar-refractivity contribution in [3.05, 3.63) is 216 Å². The molecule has 8 aromatic rings. The highest BCUT2D eigenvalue weighted by Gasteiger charge is 2.32. The summed E-state index contributed by atoms with van der Waals surface area (Å²) < 4.78 is 3.80. The summed E-state index contributed by atoms with van der Waals surface area (Å²) in [4.78, 5) is 17.4. The van der Waals surface area contributed by atoms with Crippen molar-refractivity contribution >= 4 is 45.7 Å². The van der Waals surface area contributed by atoms with Crippen LogP contribution in [0.4, 0.5) is 5.69 Å². The van der Waals surface area contributed by atoms with E-state index < -0.39 is 0 Å². The van der Waals surface area contributed by atoms with Crippen LogP contribution in [0.5, 0.6) is 0 Å². The van der Waals surface area contributed by atoms with Crippen molar-refractivity contribution in [2.45, 2.75) is 5.16 Å². The largest absolute Gasteiger partial charge is 0.289 e. The van der Waals surface area contributed by atoms with Crippen LogP contribution in [0.3, 0.4) is 0 Å². The molecule has 0 fully saturated rings. The average molecular weight is 756 g/mol. The maximum absolute atomic E-state index is 14.6. The zero-order chi connectivity index (χ0) is 38.1. The van der Waals surface area contributed by atoms with Crippen LogP contribution in [0.1, 0.15) is 22.3 Å². The molecule has 6 aromatic carbocycles. The Bertz CT molecular complexity index is 2830. The number of benzene rings is 6. The Balaban J connectivity index is 1.01. The van der Waals surface area contributed by atoms with Gasteiger partial charge in [0.25, 0.3) is 5.91 Å². The van der Waals surface area contributed by atoms with E-state index in [4.69, 9.17) is 5.10 Å². The summed E-state index contributed by atoms with van der Waals surface area (Å²) in [5, 5.41) is 14.9. The first-order chi connectivity index (χ1) is 28.2. The monoisotopic (exact) mass is 755 g/mol. The van der Waals surface area contributed by atoms with Crippen LogP contribution in [-0.2, 0) is 4.79 Å². The zero-order valence-electron chi connectivity index (χ0n) is 30.5.